The molecule has 10 nitrogen and oxygen atoms in total. The van der Waals surface area contributed by atoms with Gasteiger partial charge in [-0.05, 0) is 62.1 Å². The van der Waals surface area contributed by atoms with Crippen LogP contribution in [-0.2, 0) is 0 Å². The first-order valence-electron chi connectivity index (χ1n) is 14.0. The lowest BCUT2D eigenvalue weighted by molar-refractivity contribution is 0.0732. The second-order valence-corrected chi connectivity index (χ2v) is 11.8. The minimum atomic E-state index is -1.80. The van der Waals surface area contributed by atoms with Crippen LogP contribution in [0.25, 0.3) is 22.3 Å². The molecule has 11 heteroatoms. The molecule has 0 radical (unpaired) electrons. The highest BCUT2D eigenvalue weighted by Gasteiger charge is 2.31. The van der Waals surface area contributed by atoms with E-state index >= 15 is 0 Å². The Morgan fingerprint density at radius 1 is 0.850 bits per heavy atom. The molecule has 6 rings (SSSR count). The van der Waals surface area contributed by atoms with Crippen LogP contribution in [0.5, 0.6) is 11.5 Å². The molecule has 3 heterocycles. The number of para-hydroxylation sites is 1. The van der Waals surface area contributed by atoms with Gasteiger partial charge in [0.25, 0.3) is 0 Å². The van der Waals surface area contributed by atoms with Crippen LogP contribution in [0.1, 0.15) is 31.7 Å². The van der Waals surface area contributed by atoms with Crippen LogP contribution < -0.4 is 10.5 Å². The number of nitrogens with two attached hydrogens (primary N) is 1. The molecule has 1 aliphatic heterocycles. The largest absolute Gasteiger partial charge is 0.457 e. The SMILES string of the molecule is Nc1ncnc2c1c(-c1ccc(Oc3ccccc3)cc1)nn2C1CCC(N2CCN(CCP(O)O)CC2)CC1. The molecule has 0 bridgehead atoms. The van der Waals surface area contributed by atoms with Gasteiger partial charge < -0.3 is 25.2 Å². The van der Waals surface area contributed by atoms with Crippen molar-refractivity contribution in [2.75, 3.05) is 44.6 Å². The van der Waals surface area contributed by atoms with Gasteiger partial charge in [-0.15, -0.1) is 0 Å². The Morgan fingerprint density at radius 2 is 1.52 bits per heavy atom. The predicted octanol–water partition coefficient (Wildman–Crippen LogP) is 4.27. The normalized spacial score (nSPS) is 20.8. The molecular formula is C29H36N7O3P. The Morgan fingerprint density at radius 3 is 2.23 bits per heavy atom. The van der Waals surface area contributed by atoms with Gasteiger partial charge >= 0.3 is 0 Å². The van der Waals surface area contributed by atoms with Gasteiger partial charge in [0.1, 0.15) is 29.3 Å². The van der Waals surface area contributed by atoms with Gasteiger partial charge in [0.05, 0.1) is 11.4 Å². The zero-order valence-corrected chi connectivity index (χ0v) is 23.4. The average Bonchev–Trinajstić information content (AvgIpc) is 3.38. The molecule has 0 unspecified atom stereocenters. The predicted molar refractivity (Wildman–Crippen MR) is 157 cm³/mol. The van der Waals surface area contributed by atoms with Crippen LogP contribution in [-0.4, -0.2) is 84.3 Å². The van der Waals surface area contributed by atoms with Crippen LogP contribution in [0.3, 0.4) is 0 Å². The van der Waals surface area contributed by atoms with E-state index in [9.17, 15) is 9.79 Å². The summed E-state index contributed by atoms with van der Waals surface area (Å²) >= 11 is 0. The third-order valence-corrected chi connectivity index (χ3v) is 8.78. The number of ether oxygens (including phenoxy) is 1. The van der Waals surface area contributed by atoms with E-state index in [1.165, 1.54) is 6.33 Å². The van der Waals surface area contributed by atoms with Crippen molar-refractivity contribution in [3.05, 3.63) is 60.9 Å². The van der Waals surface area contributed by atoms with E-state index in [-0.39, 0.29) is 6.04 Å². The molecule has 1 saturated heterocycles. The molecule has 2 aliphatic rings. The first-order valence-corrected chi connectivity index (χ1v) is 15.4. The Kier molecular flexibility index (Phi) is 8.22. The maximum absolute atomic E-state index is 9.22. The fraction of sp³-hybridized carbons (Fsp3) is 0.414. The van der Waals surface area contributed by atoms with Gasteiger partial charge in [-0.2, -0.15) is 5.10 Å². The number of hydrogen-bond donors (Lipinski definition) is 3. The molecule has 210 valence electrons. The molecule has 4 N–H and O–H groups in total. The number of nitrogen functional groups attached to an aromatic ring is 1. The summed E-state index contributed by atoms with van der Waals surface area (Å²) < 4.78 is 8.04. The second-order valence-electron chi connectivity index (χ2n) is 10.6. The summed E-state index contributed by atoms with van der Waals surface area (Å²) in [6.45, 7) is 4.81. The molecule has 1 aliphatic carbocycles. The standard InChI is InChI=1S/C29H36N7O3P/c30-28-26-27(21-6-12-25(13-7-21)39-24-4-2-1-3-5-24)33-36(29(26)32-20-31-28)23-10-8-22(9-11-23)35-16-14-34(15-17-35)18-19-40(37)38/h1-7,12-13,20,22-23,37-38H,8-11,14-19H2,(H2,30,31,32). The van der Waals surface area contributed by atoms with E-state index in [0.717, 1.165) is 92.2 Å². The number of fused-ring (bicyclic) bond motifs is 1. The number of rotatable bonds is 8. The summed E-state index contributed by atoms with van der Waals surface area (Å²) in [5.41, 5.74) is 8.91. The average molecular weight is 562 g/mol. The van der Waals surface area contributed by atoms with Gasteiger partial charge in [-0.1, -0.05) is 18.2 Å². The van der Waals surface area contributed by atoms with Gasteiger partial charge in [0.15, 0.2) is 14.0 Å². The van der Waals surface area contributed by atoms with Crippen LogP contribution in [0, 0.1) is 0 Å². The molecule has 0 spiro atoms. The van der Waals surface area contributed by atoms with Crippen LogP contribution in [0.4, 0.5) is 5.82 Å². The summed E-state index contributed by atoms with van der Waals surface area (Å²) in [7, 11) is -1.80. The summed E-state index contributed by atoms with van der Waals surface area (Å²) in [4.78, 5) is 32.3. The van der Waals surface area contributed by atoms with Crippen LogP contribution in [0.15, 0.2) is 60.9 Å². The van der Waals surface area contributed by atoms with E-state index in [0.29, 0.717) is 18.0 Å². The summed E-state index contributed by atoms with van der Waals surface area (Å²) in [6, 6.07) is 18.5. The minimum Gasteiger partial charge on any atom is -0.457 e. The highest BCUT2D eigenvalue weighted by molar-refractivity contribution is 7.45. The highest BCUT2D eigenvalue weighted by Crippen LogP contribution is 2.37. The summed E-state index contributed by atoms with van der Waals surface area (Å²) in [5, 5.41) is 5.87. The van der Waals surface area contributed by atoms with Crippen molar-refractivity contribution >= 4 is 25.2 Å². The molecule has 0 amide bonds. The molecule has 4 aromatic rings. The fourth-order valence-electron chi connectivity index (χ4n) is 6.01. The maximum Gasteiger partial charge on any atom is 0.166 e. The van der Waals surface area contributed by atoms with Crippen molar-refractivity contribution in [3.8, 4) is 22.8 Å². The maximum atomic E-state index is 9.22. The van der Waals surface area contributed by atoms with Gasteiger partial charge in [-0.25, -0.2) is 14.6 Å². The van der Waals surface area contributed by atoms with Gasteiger partial charge in [-0.3, -0.25) is 4.90 Å². The lowest BCUT2D eigenvalue weighted by atomic mass is 9.90. The van der Waals surface area contributed by atoms with Crippen LogP contribution >= 0.6 is 8.38 Å². The van der Waals surface area contributed by atoms with Crippen molar-refractivity contribution in [3.63, 3.8) is 0 Å². The van der Waals surface area contributed by atoms with Crippen molar-refractivity contribution < 1.29 is 14.5 Å². The zero-order chi connectivity index (χ0) is 27.5. The monoisotopic (exact) mass is 561 g/mol. The Labute approximate surface area is 235 Å². The molecular weight excluding hydrogens is 525 g/mol. The Bertz CT molecular complexity index is 1400. The lowest BCUT2D eigenvalue weighted by Crippen LogP contribution is -2.51. The first-order chi connectivity index (χ1) is 19.5. The van der Waals surface area contributed by atoms with Crippen molar-refractivity contribution in [2.45, 2.75) is 37.8 Å². The smallest absolute Gasteiger partial charge is 0.166 e. The highest BCUT2D eigenvalue weighted by atomic mass is 31.2. The third-order valence-electron chi connectivity index (χ3n) is 8.18. The van der Waals surface area contributed by atoms with Crippen molar-refractivity contribution in [1.82, 2.24) is 29.5 Å². The van der Waals surface area contributed by atoms with Crippen LogP contribution in [0.2, 0.25) is 0 Å². The Balaban J connectivity index is 1.14. The number of anilines is 1. The Hall–Kier alpha value is -3.14. The van der Waals surface area contributed by atoms with E-state index in [1.807, 2.05) is 54.6 Å². The number of nitrogens with zero attached hydrogens (tertiary/aromatic N) is 6. The second kappa shape index (κ2) is 12.2. The third kappa shape index (κ3) is 5.96. The molecule has 2 aromatic heterocycles. The van der Waals surface area contributed by atoms with E-state index in [1.54, 1.807) is 0 Å². The van der Waals surface area contributed by atoms with E-state index in [2.05, 4.69) is 24.4 Å². The number of piperazine rings is 1. The molecule has 40 heavy (non-hydrogen) atoms. The van der Waals surface area contributed by atoms with Gasteiger partial charge in [0, 0.05) is 50.5 Å². The number of aromatic nitrogens is 4. The lowest BCUT2D eigenvalue weighted by Gasteiger charge is -2.42. The summed E-state index contributed by atoms with van der Waals surface area (Å²) in [5.74, 6) is 1.99. The molecule has 0 atom stereocenters. The summed E-state index contributed by atoms with van der Waals surface area (Å²) in [6.07, 6.45) is 6.30. The number of benzene rings is 2. The topological polar surface area (TPSA) is 126 Å². The first kappa shape index (κ1) is 27.1. The quantitative estimate of drug-likeness (QED) is 0.271. The zero-order valence-electron chi connectivity index (χ0n) is 22.5. The van der Waals surface area contributed by atoms with Gasteiger partial charge in [0.2, 0.25) is 0 Å². The molecule has 1 saturated carbocycles. The van der Waals surface area contributed by atoms with Crippen molar-refractivity contribution in [1.29, 1.82) is 0 Å². The molecule has 2 aromatic carbocycles. The van der Waals surface area contributed by atoms with Crippen molar-refractivity contribution in [2.24, 2.45) is 0 Å². The minimum absolute atomic E-state index is 0.261. The van der Waals surface area contributed by atoms with E-state index in [4.69, 9.17) is 15.6 Å². The fourth-order valence-corrected chi connectivity index (χ4v) is 6.47. The number of hydrogen-bond acceptors (Lipinski definition) is 9. The van der Waals surface area contributed by atoms with E-state index < -0.39 is 8.38 Å². The molecule has 2 fully saturated rings.